The summed E-state index contributed by atoms with van der Waals surface area (Å²) in [5.74, 6) is -0.0920. The van der Waals surface area contributed by atoms with Crippen LogP contribution in [-0.4, -0.2) is 6.04 Å². The molecule has 1 nitrogen and oxygen atoms in total. The number of hydrogen-bond acceptors (Lipinski definition) is 2. The van der Waals surface area contributed by atoms with Crippen molar-refractivity contribution in [1.82, 2.24) is 5.32 Å². The molecule has 2 aromatic rings. The molecule has 2 rings (SSSR count). The highest BCUT2D eigenvalue weighted by Gasteiger charge is 2.13. The second kappa shape index (κ2) is 5.81. The summed E-state index contributed by atoms with van der Waals surface area (Å²) < 4.78 is 14.6. The van der Waals surface area contributed by atoms with Crippen LogP contribution in [0, 0.1) is 5.82 Å². The lowest BCUT2D eigenvalue weighted by Crippen LogP contribution is -2.21. The topological polar surface area (TPSA) is 12.0 Å². The van der Waals surface area contributed by atoms with Gasteiger partial charge >= 0.3 is 0 Å². The average Bonchev–Trinajstić information content (AvgIpc) is 2.67. The molecule has 0 radical (unpaired) electrons. The zero-order valence-corrected chi connectivity index (χ0v) is 12.0. The molecule has 18 heavy (non-hydrogen) atoms. The SMILES string of the molecule is CCCc1c(CNC(C)C)sc2c(F)cccc12. The van der Waals surface area contributed by atoms with Crippen LogP contribution < -0.4 is 5.32 Å². The van der Waals surface area contributed by atoms with Gasteiger partial charge < -0.3 is 5.32 Å². The number of nitrogens with one attached hydrogen (secondary N) is 1. The fourth-order valence-electron chi connectivity index (χ4n) is 2.15. The number of thiophene rings is 1. The second-order valence-corrected chi connectivity index (χ2v) is 6.01. The lowest BCUT2D eigenvalue weighted by Gasteiger charge is -2.08. The van der Waals surface area contributed by atoms with Crippen molar-refractivity contribution in [2.45, 2.75) is 46.2 Å². The maximum atomic E-state index is 13.8. The molecule has 0 aliphatic heterocycles. The molecule has 3 heteroatoms. The summed E-state index contributed by atoms with van der Waals surface area (Å²) in [5, 5.41) is 4.53. The van der Waals surface area contributed by atoms with Crippen LogP contribution in [0.2, 0.25) is 0 Å². The van der Waals surface area contributed by atoms with E-state index in [9.17, 15) is 4.39 Å². The van der Waals surface area contributed by atoms with Crippen LogP contribution >= 0.6 is 11.3 Å². The highest BCUT2D eigenvalue weighted by molar-refractivity contribution is 7.19. The molecule has 1 heterocycles. The average molecular weight is 265 g/mol. The van der Waals surface area contributed by atoms with Crippen molar-refractivity contribution in [1.29, 1.82) is 0 Å². The zero-order chi connectivity index (χ0) is 13.1. The van der Waals surface area contributed by atoms with E-state index in [0.29, 0.717) is 6.04 Å². The number of rotatable bonds is 5. The van der Waals surface area contributed by atoms with Crippen LogP contribution in [0.5, 0.6) is 0 Å². The molecular formula is C15H20FNS. The van der Waals surface area contributed by atoms with Crippen LogP contribution in [0.4, 0.5) is 4.39 Å². The fourth-order valence-corrected chi connectivity index (χ4v) is 3.35. The number of benzene rings is 1. The summed E-state index contributed by atoms with van der Waals surface area (Å²) in [6, 6.07) is 5.85. The molecular weight excluding hydrogens is 245 g/mol. The third kappa shape index (κ3) is 2.73. The molecule has 0 amide bonds. The molecule has 0 aliphatic rings. The van der Waals surface area contributed by atoms with Gasteiger partial charge in [0.2, 0.25) is 0 Å². The van der Waals surface area contributed by atoms with Gasteiger partial charge in [0.05, 0.1) is 4.70 Å². The minimum Gasteiger partial charge on any atom is -0.310 e. The molecule has 1 N–H and O–H groups in total. The lowest BCUT2D eigenvalue weighted by molar-refractivity contribution is 0.591. The molecule has 0 aliphatic carbocycles. The number of hydrogen-bond donors (Lipinski definition) is 1. The van der Waals surface area contributed by atoms with Gasteiger partial charge in [0, 0.05) is 17.5 Å². The second-order valence-electron chi connectivity index (χ2n) is 4.91. The fraction of sp³-hybridized carbons (Fsp3) is 0.467. The van der Waals surface area contributed by atoms with E-state index in [1.165, 1.54) is 10.4 Å². The third-order valence-corrected chi connectivity index (χ3v) is 4.28. The van der Waals surface area contributed by atoms with Gasteiger partial charge in [-0.25, -0.2) is 4.39 Å². The standard InChI is InChI=1S/C15H20FNS/c1-4-6-11-12-7-5-8-13(16)15(12)18-14(11)9-17-10(2)3/h5,7-8,10,17H,4,6,9H2,1-3H3. The van der Waals surface area contributed by atoms with Gasteiger partial charge in [0.1, 0.15) is 5.82 Å². The largest absolute Gasteiger partial charge is 0.310 e. The van der Waals surface area contributed by atoms with Gasteiger partial charge in [0.25, 0.3) is 0 Å². The molecule has 1 aromatic heterocycles. The quantitative estimate of drug-likeness (QED) is 0.840. The summed E-state index contributed by atoms with van der Waals surface area (Å²) in [6.07, 6.45) is 2.12. The summed E-state index contributed by atoms with van der Waals surface area (Å²) in [4.78, 5) is 1.28. The highest BCUT2D eigenvalue weighted by atomic mass is 32.1. The van der Waals surface area contributed by atoms with Gasteiger partial charge in [-0.05, 0) is 23.4 Å². The Morgan fingerprint density at radius 1 is 1.33 bits per heavy atom. The first-order chi connectivity index (χ1) is 8.63. The first-order valence-corrected chi connectivity index (χ1v) is 7.37. The number of aryl methyl sites for hydroxylation is 1. The van der Waals surface area contributed by atoms with Crippen molar-refractivity contribution in [3.63, 3.8) is 0 Å². The van der Waals surface area contributed by atoms with Crippen molar-refractivity contribution in [3.05, 3.63) is 34.5 Å². The number of fused-ring (bicyclic) bond motifs is 1. The molecule has 0 atom stereocenters. The van der Waals surface area contributed by atoms with Crippen LogP contribution in [-0.2, 0) is 13.0 Å². The first-order valence-electron chi connectivity index (χ1n) is 6.55. The van der Waals surface area contributed by atoms with E-state index in [-0.39, 0.29) is 5.82 Å². The van der Waals surface area contributed by atoms with Crippen molar-refractivity contribution >= 4 is 21.4 Å². The van der Waals surface area contributed by atoms with Crippen LogP contribution in [0.25, 0.3) is 10.1 Å². The first kappa shape index (κ1) is 13.5. The van der Waals surface area contributed by atoms with Gasteiger partial charge in [-0.1, -0.05) is 39.3 Å². The van der Waals surface area contributed by atoms with E-state index in [1.54, 1.807) is 17.4 Å². The molecule has 0 unspecified atom stereocenters. The van der Waals surface area contributed by atoms with Crippen molar-refractivity contribution in [2.75, 3.05) is 0 Å². The molecule has 0 spiro atoms. The van der Waals surface area contributed by atoms with Gasteiger partial charge in [-0.3, -0.25) is 0 Å². The molecule has 0 fully saturated rings. The van der Waals surface area contributed by atoms with E-state index >= 15 is 0 Å². The molecule has 0 saturated heterocycles. The van der Waals surface area contributed by atoms with E-state index in [0.717, 1.165) is 29.5 Å². The Kier molecular flexibility index (Phi) is 4.36. The van der Waals surface area contributed by atoms with Crippen LogP contribution in [0.15, 0.2) is 18.2 Å². The Morgan fingerprint density at radius 2 is 2.11 bits per heavy atom. The third-order valence-electron chi connectivity index (χ3n) is 3.02. The Labute approximate surface area is 112 Å². The summed E-state index contributed by atoms with van der Waals surface area (Å²) in [6.45, 7) is 7.27. The minimum atomic E-state index is -0.0920. The van der Waals surface area contributed by atoms with Gasteiger partial charge in [-0.15, -0.1) is 11.3 Å². The predicted molar refractivity (Wildman–Crippen MR) is 77.8 cm³/mol. The zero-order valence-electron chi connectivity index (χ0n) is 11.2. The van der Waals surface area contributed by atoms with Crippen molar-refractivity contribution < 1.29 is 4.39 Å². The highest BCUT2D eigenvalue weighted by Crippen LogP contribution is 2.34. The van der Waals surface area contributed by atoms with Crippen molar-refractivity contribution in [3.8, 4) is 0 Å². The Hall–Kier alpha value is -0.930. The monoisotopic (exact) mass is 265 g/mol. The lowest BCUT2D eigenvalue weighted by atomic mass is 10.1. The summed E-state index contributed by atoms with van der Waals surface area (Å²) >= 11 is 1.59. The van der Waals surface area contributed by atoms with E-state index in [1.807, 2.05) is 12.1 Å². The van der Waals surface area contributed by atoms with E-state index < -0.39 is 0 Å². The van der Waals surface area contributed by atoms with Crippen molar-refractivity contribution in [2.24, 2.45) is 0 Å². The molecule has 0 saturated carbocycles. The smallest absolute Gasteiger partial charge is 0.141 e. The van der Waals surface area contributed by atoms with Gasteiger partial charge in [-0.2, -0.15) is 0 Å². The molecule has 98 valence electrons. The van der Waals surface area contributed by atoms with E-state index in [2.05, 4.69) is 26.1 Å². The van der Waals surface area contributed by atoms with Crippen LogP contribution in [0.1, 0.15) is 37.6 Å². The van der Waals surface area contributed by atoms with Crippen LogP contribution in [0.3, 0.4) is 0 Å². The Balaban J connectivity index is 2.43. The molecule has 0 bridgehead atoms. The minimum absolute atomic E-state index is 0.0920. The Bertz CT molecular complexity index is 531. The normalized spacial score (nSPS) is 11.6. The predicted octanol–water partition coefficient (Wildman–Crippen LogP) is 4.49. The Morgan fingerprint density at radius 3 is 2.78 bits per heavy atom. The summed E-state index contributed by atoms with van der Waals surface area (Å²) in [5.41, 5.74) is 1.32. The molecule has 1 aromatic carbocycles. The maximum Gasteiger partial charge on any atom is 0.141 e. The maximum absolute atomic E-state index is 13.8. The van der Waals surface area contributed by atoms with E-state index in [4.69, 9.17) is 0 Å². The summed E-state index contributed by atoms with van der Waals surface area (Å²) in [7, 11) is 0. The number of halogens is 1. The van der Waals surface area contributed by atoms with Gasteiger partial charge in [0.15, 0.2) is 0 Å².